The lowest BCUT2D eigenvalue weighted by Crippen LogP contribution is -2.57. The normalized spacial score (nSPS) is 27.2. The summed E-state index contributed by atoms with van der Waals surface area (Å²) >= 11 is 12.6. The Bertz CT molecular complexity index is 1320. The Balaban J connectivity index is 1.68. The van der Waals surface area contributed by atoms with Crippen molar-refractivity contribution >= 4 is 46.5 Å². The Morgan fingerprint density at radius 2 is 1.47 bits per heavy atom. The van der Waals surface area contributed by atoms with Crippen LogP contribution in [0.5, 0.6) is 0 Å². The largest absolute Gasteiger partial charge is 0.299 e. The average molecular weight is 462 g/mol. The summed E-state index contributed by atoms with van der Waals surface area (Å²) in [5.41, 5.74) is 2.54. The summed E-state index contributed by atoms with van der Waals surface area (Å²) in [5.74, 6) is -2.74. The van der Waals surface area contributed by atoms with E-state index in [1.165, 1.54) is 13.0 Å². The number of hydrogen-bond donors (Lipinski definition) is 0. The van der Waals surface area contributed by atoms with E-state index in [9.17, 15) is 14.4 Å². The summed E-state index contributed by atoms with van der Waals surface area (Å²) in [4.78, 5) is 42.5. The molecular formula is C26H17Cl2NO3. The van der Waals surface area contributed by atoms with Crippen LogP contribution in [0.3, 0.4) is 0 Å². The SMILES string of the molecule is CC(=O)C12c3ccccc3C(c3ccccc31)[C@@H]1C(=O)N(c3cc(Cl)ccc3Cl)C(=O)[C@@H]12. The van der Waals surface area contributed by atoms with Gasteiger partial charge in [-0.15, -0.1) is 0 Å². The molecule has 4 aliphatic rings. The van der Waals surface area contributed by atoms with E-state index in [0.717, 1.165) is 27.2 Å². The summed E-state index contributed by atoms with van der Waals surface area (Å²) in [6, 6.07) is 20.1. The van der Waals surface area contributed by atoms with Crippen LogP contribution in [-0.4, -0.2) is 17.6 Å². The van der Waals surface area contributed by atoms with Crippen LogP contribution in [0.1, 0.15) is 35.1 Å². The fourth-order valence-electron chi connectivity index (χ4n) is 6.26. The molecule has 0 unspecified atom stereocenters. The zero-order valence-corrected chi connectivity index (χ0v) is 18.5. The molecule has 7 rings (SSSR count). The molecule has 1 heterocycles. The van der Waals surface area contributed by atoms with E-state index < -0.39 is 23.2 Å². The molecule has 3 aromatic carbocycles. The van der Waals surface area contributed by atoms with Gasteiger partial charge < -0.3 is 0 Å². The van der Waals surface area contributed by atoms with Crippen molar-refractivity contribution in [2.45, 2.75) is 18.3 Å². The van der Waals surface area contributed by atoms with Crippen molar-refractivity contribution < 1.29 is 14.4 Å². The maximum atomic E-state index is 14.0. The molecule has 1 fully saturated rings. The summed E-state index contributed by atoms with van der Waals surface area (Å²) in [6.45, 7) is 1.52. The fraction of sp³-hybridized carbons (Fsp3) is 0.192. The number of carbonyl (C=O) groups is 3. The van der Waals surface area contributed by atoms with Crippen molar-refractivity contribution in [2.75, 3.05) is 4.90 Å². The number of rotatable bonds is 2. The first-order valence-corrected chi connectivity index (χ1v) is 11.2. The monoisotopic (exact) mass is 461 g/mol. The van der Waals surface area contributed by atoms with Gasteiger partial charge in [-0.2, -0.15) is 0 Å². The molecule has 1 aliphatic heterocycles. The summed E-state index contributed by atoms with van der Waals surface area (Å²) < 4.78 is 0. The van der Waals surface area contributed by atoms with Gasteiger partial charge in [0.2, 0.25) is 11.8 Å². The second-order valence-electron chi connectivity index (χ2n) is 8.63. The van der Waals surface area contributed by atoms with E-state index >= 15 is 0 Å². The predicted molar refractivity (Wildman–Crippen MR) is 122 cm³/mol. The number of imide groups is 1. The zero-order valence-electron chi connectivity index (χ0n) is 17.0. The van der Waals surface area contributed by atoms with Gasteiger partial charge in [-0.3, -0.25) is 14.4 Å². The van der Waals surface area contributed by atoms with Crippen LogP contribution in [0.15, 0.2) is 66.7 Å². The van der Waals surface area contributed by atoms with Crippen LogP contribution >= 0.6 is 23.2 Å². The highest BCUT2D eigenvalue weighted by atomic mass is 35.5. The van der Waals surface area contributed by atoms with Gasteiger partial charge in [0.1, 0.15) is 5.78 Å². The second kappa shape index (κ2) is 6.53. The van der Waals surface area contributed by atoms with Crippen LogP contribution in [0.2, 0.25) is 10.0 Å². The minimum atomic E-state index is -1.22. The number of anilines is 1. The van der Waals surface area contributed by atoms with Gasteiger partial charge in [0.25, 0.3) is 0 Å². The standard InChI is InChI=1S/C26H17Cl2NO3/c1-13(30)26-17-8-4-2-6-15(17)21(16-7-3-5-9-18(16)26)22-23(26)25(32)29(24(22)31)20-12-14(27)10-11-19(20)28/h2-12,21-23H,1H3/t21?,22-,23+,26?/m0/s1. The lowest BCUT2D eigenvalue weighted by atomic mass is 9.46. The summed E-state index contributed by atoms with van der Waals surface area (Å²) in [5, 5.41) is 0.629. The quantitative estimate of drug-likeness (QED) is 0.496. The number of Topliss-reactive ketones (excluding diaryl/α,β-unsaturated/α-hetero) is 1. The highest BCUT2D eigenvalue weighted by molar-refractivity contribution is 6.38. The predicted octanol–water partition coefficient (Wildman–Crippen LogP) is 5.13. The van der Waals surface area contributed by atoms with Crippen LogP contribution < -0.4 is 4.90 Å². The Morgan fingerprint density at radius 3 is 2.06 bits per heavy atom. The van der Waals surface area contributed by atoms with Gasteiger partial charge in [-0.05, 0) is 47.4 Å². The summed E-state index contributed by atoms with van der Waals surface area (Å²) in [7, 11) is 0. The Kier molecular flexibility index (Phi) is 4.02. The number of amides is 2. The molecule has 3 aliphatic carbocycles. The third kappa shape index (κ3) is 2.17. The minimum absolute atomic E-state index is 0.147. The summed E-state index contributed by atoms with van der Waals surface area (Å²) in [6.07, 6.45) is 0. The van der Waals surface area contributed by atoms with E-state index in [1.54, 1.807) is 12.1 Å². The molecule has 1 saturated heterocycles. The Hall–Kier alpha value is -2.95. The third-order valence-electron chi connectivity index (χ3n) is 7.32. The van der Waals surface area contributed by atoms with Gasteiger partial charge in [0.05, 0.1) is 28.0 Å². The second-order valence-corrected chi connectivity index (χ2v) is 9.47. The highest BCUT2D eigenvalue weighted by Gasteiger charge is 2.70. The van der Waals surface area contributed by atoms with Gasteiger partial charge >= 0.3 is 0 Å². The number of nitrogens with zero attached hydrogens (tertiary/aromatic N) is 1. The van der Waals surface area contributed by atoms with Crippen LogP contribution in [0.25, 0.3) is 0 Å². The van der Waals surface area contributed by atoms with E-state index in [2.05, 4.69) is 0 Å². The maximum absolute atomic E-state index is 14.0. The zero-order chi connectivity index (χ0) is 22.4. The molecule has 0 spiro atoms. The number of carbonyl (C=O) groups excluding carboxylic acids is 3. The molecule has 0 radical (unpaired) electrons. The molecule has 2 bridgehead atoms. The lowest BCUT2D eigenvalue weighted by molar-refractivity contribution is -0.132. The molecular weight excluding hydrogens is 445 g/mol. The first-order chi connectivity index (χ1) is 15.4. The molecule has 2 atom stereocenters. The molecule has 0 aromatic heterocycles. The van der Waals surface area contributed by atoms with Crippen molar-refractivity contribution in [1.29, 1.82) is 0 Å². The highest BCUT2D eigenvalue weighted by Crippen LogP contribution is 2.64. The lowest BCUT2D eigenvalue weighted by Gasteiger charge is -2.52. The third-order valence-corrected chi connectivity index (χ3v) is 7.88. The van der Waals surface area contributed by atoms with Gasteiger partial charge in [-0.25, -0.2) is 4.90 Å². The number of benzene rings is 3. The number of halogens is 2. The van der Waals surface area contributed by atoms with Crippen LogP contribution in [0, 0.1) is 11.8 Å². The molecule has 2 amide bonds. The van der Waals surface area contributed by atoms with Gasteiger partial charge in [-0.1, -0.05) is 71.7 Å². The average Bonchev–Trinajstić information content (AvgIpc) is 3.06. The van der Waals surface area contributed by atoms with Gasteiger partial charge in [0.15, 0.2) is 0 Å². The minimum Gasteiger partial charge on any atom is -0.299 e. The fourth-order valence-corrected chi connectivity index (χ4v) is 6.63. The van der Waals surface area contributed by atoms with Crippen LogP contribution in [0.4, 0.5) is 5.69 Å². The van der Waals surface area contributed by atoms with Crippen molar-refractivity contribution in [3.63, 3.8) is 0 Å². The number of hydrogen-bond acceptors (Lipinski definition) is 3. The smallest absolute Gasteiger partial charge is 0.239 e. The van der Waals surface area contributed by atoms with E-state index in [0.29, 0.717) is 5.02 Å². The molecule has 0 N–H and O–H groups in total. The van der Waals surface area contributed by atoms with Gasteiger partial charge in [0, 0.05) is 10.9 Å². The topological polar surface area (TPSA) is 54.5 Å². The van der Waals surface area contributed by atoms with Crippen molar-refractivity contribution in [2.24, 2.45) is 11.8 Å². The molecule has 158 valence electrons. The molecule has 3 aromatic rings. The molecule has 32 heavy (non-hydrogen) atoms. The van der Waals surface area contributed by atoms with Crippen molar-refractivity contribution in [3.8, 4) is 0 Å². The van der Waals surface area contributed by atoms with Crippen molar-refractivity contribution in [3.05, 3.63) is 99.0 Å². The Labute approximate surface area is 194 Å². The molecule has 6 heteroatoms. The Morgan fingerprint density at radius 1 is 0.875 bits per heavy atom. The van der Waals surface area contributed by atoms with E-state index in [4.69, 9.17) is 23.2 Å². The molecule has 0 saturated carbocycles. The molecule has 4 nitrogen and oxygen atoms in total. The van der Waals surface area contributed by atoms with Crippen LogP contribution in [-0.2, 0) is 19.8 Å². The van der Waals surface area contributed by atoms with E-state index in [-0.39, 0.29) is 28.3 Å². The maximum Gasteiger partial charge on any atom is 0.239 e. The van der Waals surface area contributed by atoms with Crippen molar-refractivity contribution in [1.82, 2.24) is 0 Å². The first-order valence-electron chi connectivity index (χ1n) is 10.4. The first kappa shape index (κ1) is 19.7. The number of ketones is 1. The van der Waals surface area contributed by atoms with E-state index in [1.807, 2.05) is 48.5 Å².